The van der Waals surface area contributed by atoms with Crippen molar-refractivity contribution in [3.63, 3.8) is 0 Å². The second kappa shape index (κ2) is 5.90. The molecule has 0 spiro atoms. The largest absolute Gasteiger partial charge is 0.478 e. The Morgan fingerprint density at radius 1 is 1.08 bits per heavy atom. The van der Waals surface area contributed by atoms with Crippen LogP contribution in [0.4, 0.5) is 5.69 Å². The van der Waals surface area contributed by atoms with Crippen LogP contribution in [-0.4, -0.2) is 11.1 Å². The standard InChI is InChI=1S/C21H19Cl2NO2/c22-15-3-1-2-13(19(15)23)20-18-11-5-4-10(8-11)17(18)14-9-12(21(25)26)6-7-16(14)24-20/h1-3,6-7,9-11,17-18,20,24H,4-5,8H2,(H,25,26)/t10-,11-,17-,18+,20-/m0/s1. The Hall–Kier alpha value is -1.71. The summed E-state index contributed by atoms with van der Waals surface area (Å²) in [6.07, 6.45) is 3.71. The Labute approximate surface area is 162 Å². The molecule has 134 valence electrons. The average molecular weight is 388 g/mol. The topological polar surface area (TPSA) is 49.3 Å². The first-order valence-electron chi connectivity index (χ1n) is 9.12. The normalized spacial score (nSPS) is 31.2. The highest BCUT2D eigenvalue weighted by atomic mass is 35.5. The number of carboxylic acids is 1. The second-order valence-electron chi connectivity index (χ2n) is 7.81. The third kappa shape index (κ3) is 2.30. The molecule has 1 heterocycles. The molecule has 0 unspecified atom stereocenters. The van der Waals surface area contributed by atoms with Crippen LogP contribution in [0.1, 0.15) is 52.7 Å². The molecule has 2 aliphatic carbocycles. The van der Waals surface area contributed by atoms with Crippen LogP contribution in [0.15, 0.2) is 36.4 Å². The first-order valence-corrected chi connectivity index (χ1v) is 9.88. The summed E-state index contributed by atoms with van der Waals surface area (Å²) in [5.74, 6) is 1.24. The Morgan fingerprint density at radius 3 is 2.69 bits per heavy atom. The fraction of sp³-hybridized carbons (Fsp3) is 0.381. The van der Waals surface area contributed by atoms with E-state index in [1.165, 1.54) is 19.3 Å². The van der Waals surface area contributed by atoms with Gasteiger partial charge in [0.05, 0.1) is 21.7 Å². The van der Waals surface area contributed by atoms with Gasteiger partial charge in [-0.05, 0) is 78.3 Å². The molecule has 2 fully saturated rings. The molecule has 3 aliphatic rings. The van der Waals surface area contributed by atoms with Crippen LogP contribution < -0.4 is 5.32 Å². The van der Waals surface area contributed by atoms with E-state index in [4.69, 9.17) is 23.2 Å². The van der Waals surface area contributed by atoms with Crippen LogP contribution in [-0.2, 0) is 0 Å². The van der Waals surface area contributed by atoms with E-state index in [2.05, 4.69) is 11.4 Å². The Balaban J connectivity index is 1.66. The number of fused-ring (bicyclic) bond motifs is 7. The van der Waals surface area contributed by atoms with Crippen molar-refractivity contribution in [2.75, 3.05) is 5.32 Å². The Morgan fingerprint density at radius 2 is 1.88 bits per heavy atom. The minimum Gasteiger partial charge on any atom is -0.478 e. The molecular weight excluding hydrogens is 369 g/mol. The van der Waals surface area contributed by atoms with Crippen molar-refractivity contribution in [3.05, 3.63) is 63.1 Å². The second-order valence-corrected chi connectivity index (χ2v) is 8.59. The molecule has 5 rings (SSSR count). The molecule has 5 heteroatoms. The molecule has 2 aromatic carbocycles. The van der Waals surface area contributed by atoms with E-state index in [1.807, 2.05) is 24.3 Å². The van der Waals surface area contributed by atoms with E-state index in [-0.39, 0.29) is 6.04 Å². The smallest absolute Gasteiger partial charge is 0.335 e. The van der Waals surface area contributed by atoms with Gasteiger partial charge in [-0.15, -0.1) is 0 Å². The number of halogens is 2. The van der Waals surface area contributed by atoms with E-state index < -0.39 is 5.97 Å². The number of aromatic carboxylic acids is 1. The number of carboxylic acid groups (broad SMARTS) is 1. The molecule has 5 atom stereocenters. The van der Waals surface area contributed by atoms with Gasteiger partial charge in [-0.1, -0.05) is 35.3 Å². The van der Waals surface area contributed by atoms with Gasteiger partial charge in [-0.25, -0.2) is 4.79 Å². The zero-order valence-electron chi connectivity index (χ0n) is 14.1. The fourth-order valence-corrected chi connectivity index (χ4v) is 6.11. The number of carbonyl (C=O) groups is 1. The minimum atomic E-state index is -0.868. The van der Waals surface area contributed by atoms with Gasteiger partial charge in [0.25, 0.3) is 0 Å². The number of rotatable bonds is 2. The molecule has 2 N–H and O–H groups in total. The summed E-state index contributed by atoms with van der Waals surface area (Å²) in [5.41, 5.74) is 3.61. The molecule has 0 radical (unpaired) electrons. The molecule has 2 bridgehead atoms. The quantitative estimate of drug-likeness (QED) is 0.665. The predicted molar refractivity (Wildman–Crippen MR) is 103 cm³/mol. The number of hydrogen-bond acceptors (Lipinski definition) is 2. The maximum atomic E-state index is 11.5. The first kappa shape index (κ1) is 16.5. The molecule has 0 aromatic heterocycles. The predicted octanol–water partition coefficient (Wildman–Crippen LogP) is 5.99. The van der Waals surface area contributed by atoms with Crippen molar-refractivity contribution < 1.29 is 9.90 Å². The highest BCUT2D eigenvalue weighted by molar-refractivity contribution is 6.42. The number of hydrogen-bond donors (Lipinski definition) is 2. The summed E-state index contributed by atoms with van der Waals surface area (Å²) in [4.78, 5) is 11.5. The van der Waals surface area contributed by atoms with E-state index in [0.717, 1.165) is 16.8 Å². The molecule has 0 saturated heterocycles. The van der Waals surface area contributed by atoms with Crippen molar-refractivity contribution in [1.29, 1.82) is 0 Å². The zero-order valence-corrected chi connectivity index (χ0v) is 15.6. The molecule has 1 aliphatic heterocycles. The molecule has 2 saturated carbocycles. The van der Waals surface area contributed by atoms with Crippen LogP contribution in [0.5, 0.6) is 0 Å². The van der Waals surface area contributed by atoms with Crippen LogP contribution >= 0.6 is 23.2 Å². The van der Waals surface area contributed by atoms with Crippen molar-refractivity contribution in [2.45, 2.75) is 31.2 Å². The average Bonchev–Trinajstić information content (AvgIpc) is 3.25. The highest BCUT2D eigenvalue weighted by Gasteiger charge is 2.54. The number of nitrogens with one attached hydrogen (secondary N) is 1. The van der Waals surface area contributed by atoms with Gasteiger partial charge in [0.15, 0.2) is 0 Å². The minimum absolute atomic E-state index is 0.115. The summed E-state index contributed by atoms with van der Waals surface area (Å²) in [6.45, 7) is 0. The molecule has 0 amide bonds. The van der Waals surface area contributed by atoms with Gasteiger partial charge >= 0.3 is 5.97 Å². The monoisotopic (exact) mass is 387 g/mol. The van der Waals surface area contributed by atoms with Crippen molar-refractivity contribution in [3.8, 4) is 0 Å². The van der Waals surface area contributed by atoms with Gasteiger partial charge < -0.3 is 10.4 Å². The van der Waals surface area contributed by atoms with Gasteiger partial charge in [-0.2, -0.15) is 0 Å². The highest BCUT2D eigenvalue weighted by Crippen LogP contribution is 2.64. The van der Waals surface area contributed by atoms with Crippen LogP contribution in [0.2, 0.25) is 10.0 Å². The molecule has 2 aromatic rings. The van der Waals surface area contributed by atoms with E-state index in [9.17, 15) is 9.90 Å². The molecule has 3 nitrogen and oxygen atoms in total. The molecule has 26 heavy (non-hydrogen) atoms. The van der Waals surface area contributed by atoms with E-state index in [0.29, 0.717) is 39.3 Å². The third-order valence-corrected chi connectivity index (χ3v) is 7.48. The zero-order chi connectivity index (χ0) is 18.0. The summed E-state index contributed by atoms with van der Waals surface area (Å²) in [5, 5.41) is 14.3. The number of anilines is 1. The van der Waals surface area contributed by atoms with Crippen molar-refractivity contribution >= 4 is 34.9 Å². The van der Waals surface area contributed by atoms with E-state index >= 15 is 0 Å². The fourth-order valence-electron chi connectivity index (χ4n) is 5.69. The lowest BCUT2D eigenvalue weighted by atomic mass is 9.68. The SMILES string of the molecule is O=C(O)c1ccc2c(c1)[C@@H]1[C@H]3CC[C@@H](C3)[C@H]1[C@H](c1cccc(Cl)c1Cl)N2. The van der Waals surface area contributed by atoms with E-state index in [1.54, 1.807) is 6.07 Å². The third-order valence-electron chi connectivity index (χ3n) is 6.65. The maximum Gasteiger partial charge on any atom is 0.335 e. The van der Waals surface area contributed by atoms with Crippen LogP contribution in [0.3, 0.4) is 0 Å². The van der Waals surface area contributed by atoms with Gasteiger partial charge in [0.1, 0.15) is 0 Å². The van der Waals surface area contributed by atoms with Crippen LogP contribution in [0.25, 0.3) is 0 Å². The lowest BCUT2D eigenvalue weighted by Crippen LogP contribution is -2.35. The summed E-state index contributed by atoms with van der Waals surface area (Å²) in [6, 6.07) is 11.4. The summed E-state index contributed by atoms with van der Waals surface area (Å²) in [7, 11) is 0. The lowest BCUT2D eigenvalue weighted by molar-refractivity contribution is 0.0696. The Kier molecular flexibility index (Phi) is 3.74. The summed E-state index contributed by atoms with van der Waals surface area (Å²) < 4.78 is 0. The van der Waals surface area contributed by atoms with Crippen molar-refractivity contribution in [2.24, 2.45) is 17.8 Å². The van der Waals surface area contributed by atoms with Crippen LogP contribution in [0, 0.1) is 17.8 Å². The lowest BCUT2D eigenvalue weighted by Gasteiger charge is -2.44. The van der Waals surface area contributed by atoms with Crippen molar-refractivity contribution in [1.82, 2.24) is 0 Å². The molecular formula is C21H19Cl2NO2. The van der Waals surface area contributed by atoms with Gasteiger partial charge in [0.2, 0.25) is 0 Å². The summed E-state index contributed by atoms with van der Waals surface area (Å²) >= 11 is 12.8. The van der Waals surface area contributed by atoms with Gasteiger partial charge in [0, 0.05) is 5.69 Å². The number of benzene rings is 2. The first-order chi connectivity index (χ1) is 12.5. The Bertz CT molecular complexity index is 913. The van der Waals surface area contributed by atoms with Gasteiger partial charge in [-0.3, -0.25) is 0 Å². The maximum absolute atomic E-state index is 11.5.